The molecule has 0 radical (unpaired) electrons. The lowest BCUT2D eigenvalue weighted by atomic mass is 9.93. The van der Waals surface area contributed by atoms with Gasteiger partial charge in [-0.15, -0.1) is 0 Å². The van der Waals surface area contributed by atoms with Crippen molar-refractivity contribution in [3.8, 4) is 5.95 Å². The van der Waals surface area contributed by atoms with Crippen LogP contribution < -0.4 is 5.73 Å². The number of nitrogens with zero attached hydrogens (tertiary/aromatic N) is 4. The van der Waals surface area contributed by atoms with Crippen molar-refractivity contribution in [3.63, 3.8) is 0 Å². The fourth-order valence-electron chi connectivity index (χ4n) is 2.37. The molecule has 3 N–H and O–H groups in total. The van der Waals surface area contributed by atoms with Gasteiger partial charge in [-0.1, -0.05) is 30.3 Å². The lowest BCUT2D eigenvalue weighted by Crippen LogP contribution is -2.21. The van der Waals surface area contributed by atoms with Crippen molar-refractivity contribution in [2.45, 2.75) is 5.92 Å². The maximum Gasteiger partial charge on any atom is 0.252 e. The second-order valence-corrected chi connectivity index (χ2v) is 4.93. The number of aliphatic hydroxyl groups excluding tert-OH is 1. The molecule has 1 amide bonds. The lowest BCUT2D eigenvalue weighted by Gasteiger charge is -2.17. The van der Waals surface area contributed by atoms with Crippen LogP contribution in [0.4, 0.5) is 0 Å². The second-order valence-electron chi connectivity index (χ2n) is 4.93. The van der Waals surface area contributed by atoms with Gasteiger partial charge in [-0.05, 0) is 11.6 Å². The van der Waals surface area contributed by atoms with Gasteiger partial charge >= 0.3 is 0 Å². The summed E-state index contributed by atoms with van der Waals surface area (Å²) in [5.41, 5.74) is 6.83. The number of carbonyl (C=O) groups is 1. The smallest absolute Gasteiger partial charge is 0.252 e. The molecule has 0 fully saturated rings. The number of carbonyl (C=O) groups excluding carboxylic acids is 1. The van der Waals surface area contributed by atoms with Gasteiger partial charge in [0.2, 0.25) is 0 Å². The number of benzene rings is 1. The van der Waals surface area contributed by atoms with Gasteiger partial charge in [-0.25, -0.2) is 14.6 Å². The second kappa shape index (κ2) is 6.37. The molecule has 7 nitrogen and oxygen atoms in total. The third-order valence-corrected chi connectivity index (χ3v) is 3.49. The van der Waals surface area contributed by atoms with Gasteiger partial charge in [0.1, 0.15) is 0 Å². The number of rotatable bonds is 5. The molecule has 2 aromatic heterocycles. The number of hydrogen-bond donors (Lipinski definition) is 2. The number of aromatic nitrogens is 4. The molecule has 2 heterocycles. The predicted octanol–water partition coefficient (Wildman–Crippen LogP) is 0.885. The monoisotopic (exact) mass is 309 g/mol. The molecule has 1 aromatic carbocycles. The Balaban J connectivity index is 2.14. The van der Waals surface area contributed by atoms with E-state index in [1.165, 1.54) is 10.9 Å². The van der Waals surface area contributed by atoms with Gasteiger partial charge in [0.15, 0.2) is 0 Å². The summed E-state index contributed by atoms with van der Waals surface area (Å²) in [6.07, 6.45) is 4.67. The van der Waals surface area contributed by atoms with Crippen LogP contribution in [-0.2, 0) is 0 Å². The van der Waals surface area contributed by atoms with Crippen molar-refractivity contribution < 1.29 is 9.90 Å². The molecule has 0 spiro atoms. The van der Waals surface area contributed by atoms with E-state index in [2.05, 4.69) is 15.1 Å². The van der Waals surface area contributed by atoms with Crippen molar-refractivity contribution in [1.29, 1.82) is 0 Å². The Bertz CT molecular complexity index is 803. The quantitative estimate of drug-likeness (QED) is 0.727. The van der Waals surface area contributed by atoms with Gasteiger partial charge in [-0.3, -0.25) is 4.79 Å². The molecule has 0 unspecified atom stereocenters. The molecular weight excluding hydrogens is 294 g/mol. The molecule has 3 aromatic rings. The highest BCUT2D eigenvalue weighted by molar-refractivity contribution is 5.94. The molecular formula is C16H15N5O2. The Morgan fingerprint density at radius 1 is 1.26 bits per heavy atom. The summed E-state index contributed by atoms with van der Waals surface area (Å²) in [6.45, 7) is -0.208. The summed E-state index contributed by atoms with van der Waals surface area (Å²) in [5, 5.41) is 13.9. The van der Waals surface area contributed by atoms with E-state index in [9.17, 15) is 9.90 Å². The molecule has 0 aliphatic rings. The van der Waals surface area contributed by atoms with Crippen molar-refractivity contribution in [3.05, 3.63) is 71.8 Å². The zero-order valence-corrected chi connectivity index (χ0v) is 12.2. The predicted molar refractivity (Wildman–Crippen MR) is 83.0 cm³/mol. The minimum absolute atomic E-state index is 0.184. The van der Waals surface area contributed by atoms with Crippen LogP contribution in [0.15, 0.2) is 55.0 Å². The normalized spacial score (nSPS) is 12.0. The Kier molecular flexibility index (Phi) is 4.11. The zero-order valence-electron chi connectivity index (χ0n) is 12.2. The van der Waals surface area contributed by atoms with Crippen LogP contribution in [0.1, 0.15) is 27.5 Å². The molecule has 0 saturated heterocycles. The van der Waals surface area contributed by atoms with Gasteiger partial charge in [-0.2, -0.15) is 5.10 Å². The summed E-state index contributed by atoms with van der Waals surface area (Å²) >= 11 is 0. The van der Waals surface area contributed by atoms with Gasteiger partial charge in [0, 0.05) is 18.6 Å². The average Bonchev–Trinajstić information content (AvgIpc) is 3.11. The minimum Gasteiger partial charge on any atom is -0.395 e. The van der Waals surface area contributed by atoms with E-state index in [4.69, 9.17) is 5.73 Å². The number of aliphatic hydroxyl groups is 1. The van der Waals surface area contributed by atoms with Crippen molar-refractivity contribution >= 4 is 5.91 Å². The first-order valence-corrected chi connectivity index (χ1v) is 7.03. The molecule has 0 aliphatic carbocycles. The largest absolute Gasteiger partial charge is 0.395 e. The molecule has 116 valence electrons. The van der Waals surface area contributed by atoms with Crippen molar-refractivity contribution in [1.82, 2.24) is 19.7 Å². The van der Waals surface area contributed by atoms with Crippen LogP contribution in [0.2, 0.25) is 0 Å². The Morgan fingerprint density at radius 2 is 2.04 bits per heavy atom. The van der Waals surface area contributed by atoms with E-state index in [1.54, 1.807) is 18.5 Å². The summed E-state index contributed by atoms with van der Waals surface area (Å²) in [5.74, 6) is -0.804. The number of hydrogen-bond acceptors (Lipinski definition) is 5. The topological polar surface area (TPSA) is 107 Å². The molecule has 23 heavy (non-hydrogen) atoms. The maximum absolute atomic E-state index is 11.7. The highest BCUT2D eigenvalue weighted by Gasteiger charge is 2.22. The van der Waals surface area contributed by atoms with Gasteiger partial charge in [0.25, 0.3) is 11.9 Å². The highest BCUT2D eigenvalue weighted by atomic mass is 16.3. The van der Waals surface area contributed by atoms with Crippen molar-refractivity contribution in [2.24, 2.45) is 5.73 Å². The molecule has 0 aliphatic heterocycles. The van der Waals surface area contributed by atoms with E-state index < -0.39 is 11.8 Å². The molecule has 1 atom stereocenters. The van der Waals surface area contributed by atoms with E-state index >= 15 is 0 Å². The fourth-order valence-corrected chi connectivity index (χ4v) is 2.37. The SMILES string of the molecule is NC(=O)c1cnc(-n2cccn2)nc1[C@H](CO)c1ccccc1. The first-order valence-electron chi connectivity index (χ1n) is 7.03. The van der Waals surface area contributed by atoms with Gasteiger partial charge in [0.05, 0.1) is 23.8 Å². The lowest BCUT2D eigenvalue weighted by molar-refractivity contribution is 0.0998. The molecule has 0 bridgehead atoms. The zero-order chi connectivity index (χ0) is 16.2. The van der Waals surface area contributed by atoms with E-state index in [0.717, 1.165) is 5.56 Å². The third kappa shape index (κ3) is 2.95. The van der Waals surface area contributed by atoms with E-state index in [-0.39, 0.29) is 12.2 Å². The van der Waals surface area contributed by atoms with Crippen LogP contribution in [0.5, 0.6) is 0 Å². The summed E-state index contributed by atoms with van der Waals surface area (Å²) < 4.78 is 1.48. The number of nitrogens with two attached hydrogens (primary N) is 1. The standard InChI is InChI=1S/C16H15N5O2/c17-15(23)12-9-18-16(21-8-4-7-19-21)20-14(12)13(10-22)11-5-2-1-3-6-11/h1-9,13,22H,10H2,(H2,17,23)/t13-/m1/s1. The molecule has 3 rings (SSSR count). The van der Waals surface area contributed by atoms with Crippen molar-refractivity contribution in [2.75, 3.05) is 6.61 Å². The number of amides is 1. The van der Waals surface area contributed by atoms with E-state index in [1.807, 2.05) is 30.3 Å². The Morgan fingerprint density at radius 3 is 2.65 bits per heavy atom. The van der Waals surface area contributed by atoms with Crippen LogP contribution in [0.3, 0.4) is 0 Å². The van der Waals surface area contributed by atoms with E-state index in [0.29, 0.717) is 11.6 Å². The first-order chi connectivity index (χ1) is 11.2. The summed E-state index contributed by atoms with van der Waals surface area (Å²) in [4.78, 5) is 20.2. The first kappa shape index (κ1) is 14.9. The van der Waals surface area contributed by atoms with Gasteiger partial charge < -0.3 is 10.8 Å². The van der Waals surface area contributed by atoms with Crippen LogP contribution in [0, 0.1) is 0 Å². The average molecular weight is 309 g/mol. The fraction of sp³-hybridized carbons (Fsp3) is 0.125. The highest BCUT2D eigenvalue weighted by Crippen LogP contribution is 2.25. The molecule has 7 heteroatoms. The summed E-state index contributed by atoms with van der Waals surface area (Å²) in [6, 6.07) is 11.1. The minimum atomic E-state index is -0.638. The number of primary amides is 1. The van der Waals surface area contributed by atoms with Crippen LogP contribution >= 0.6 is 0 Å². The third-order valence-electron chi connectivity index (χ3n) is 3.49. The van der Waals surface area contributed by atoms with Crippen LogP contribution in [-0.4, -0.2) is 37.4 Å². The Labute approximate surface area is 132 Å². The maximum atomic E-state index is 11.7. The Hall–Kier alpha value is -3.06. The molecule has 0 saturated carbocycles. The summed E-state index contributed by atoms with van der Waals surface area (Å²) in [7, 11) is 0. The van der Waals surface area contributed by atoms with Crippen LogP contribution in [0.25, 0.3) is 5.95 Å².